The Morgan fingerprint density at radius 3 is 2.41 bits per heavy atom. The number of nitrogens with one attached hydrogen (secondary N) is 1. The fourth-order valence-electron chi connectivity index (χ4n) is 2.80. The van der Waals surface area contributed by atoms with Crippen LogP contribution >= 0.6 is 0 Å². The van der Waals surface area contributed by atoms with Gasteiger partial charge in [0, 0.05) is 24.9 Å². The highest BCUT2D eigenvalue weighted by Gasteiger charge is 2.13. The van der Waals surface area contributed by atoms with E-state index in [0.29, 0.717) is 12.5 Å². The van der Waals surface area contributed by atoms with Crippen LogP contribution in [0.15, 0.2) is 54.9 Å². The van der Waals surface area contributed by atoms with Crippen molar-refractivity contribution < 1.29 is 4.79 Å². The number of hydrogen-bond donors (Lipinski definition) is 1. The molecule has 2 aromatic rings. The van der Waals surface area contributed by atoms with Gasteiger partial charge in [-0.15, -0.1) is 0 Å². The lowest BCUT2D eigenvalue weighted by molar-refractivity contribution is -0.122. The normalized spacial score (nSPS) is 13.5. The maximum Gasteiger partial charge on any atom is 0.220 e. The molecule has 0 aliphatic heterocycles. The molecule has 1 heterocycles. The highest BCUT2D eigenvalue weighted by Crippen LogP contribution is 2.20. The summed E-state index contributed by atoms with van der Waals surface area (Å²) in [6.45, 7) is 4.22. The van der Waals surface area contributed by atoms with Crippen molar-refractivity contribution in [2.75, 3.05) is 0 Å². The Hall–Kier alpha value is -2.03. The van der Waals surface area contributed by atoms with E-state index in [0.717, 1.165) is 24.8 Å². The molecule has 0 aliphatic rings. The summed E-state index contributed by atoms with van der Waals surface area (Å²) in [5.41, 5.74) is 1.14. The Balaban J connectivity index is 1.83. The van der Waals surface area contributed by atoms with Crippen LogP contribution in [0.1, 0.15) is 57.2 Å². The molecule has 2 rings (SSSR count). The van der Waals surface area contributed by atoms with Crippen molar-refractivity contribution in [2.24, 2.45) is 0 Å². The van der Waals surface area contributed by atoms with Gasteiger partial charge >= 0.3 is 0 Å². The number of benzene rings is 1. The fraction of sp³-hybridized carbons (Fsp3) is 0.421. The summed E-state index contributed by atoms with van der Waals surface area (Å²) in [5.74, 6) is 0.129. The summed E-state index contributed by atoms with van der Waals surface area (Å²) in [6.07, 6.45) is 7.87. The molecule has 0 unspecified atom stereocenters. The van der Waals surface area contributed by atoms with Crippen LogP contribution in [0.4, 0.5) is 0 Å². The van der Waals surface area contributed by atoms with Gasteiger partial charge < -0.3 is 9.88 Å². The summed E-state index contributed by atoms with van der Waals surface area (Å²) < 4.78 is 2.22. The van der Waals surface area contributed by atoms with E-state index >= 15 is 0 Å². The molecule has 1 amide bonds. The van der Waals surface area contributed by atoms with E-state index in [1.807, 2.05) is 49.4 Å². The summed E-state index contributed by atoms with van der Waals surface area (Å²) in [5, 5.41) is 3.09. The third kappa shape index (κ3) is 4.76. The zero-order chi connectivity index (χ0) is 15.8. The predicted molar refractivity (Wildman–Crippen MR) is 90.6 cm³/mol. The summed E-state index contributed by atoms with van der Waals surface area (Å²) in [7, 11) is 0. The first-order chi connectivity index (χ1) is 10.7. The van der Waals surface area contributed by atoms with E-state index in [1.165, 1.54) is 0 Å². The minimum Gasteiger partial charge on any atom is -0.351 e. The molecule has 0 fully saturated rings. The molecule has 0 radical (unpaired) electrons. The van der Waals surface area contributed by atoms with Gasteiger partial charge in [0.15, 0.2) is 0 Å². The Kier molecular flexibility index (Phi) is 6.26. The van der Waals surface area contributed by atoms with E-state index in [-0.39, 0.29) is 11.9 Å². The molecule has 0 spiro atoms. The second-order valence-corrected chi connectivity index (χ2v) is 5.81. The third-order valence-corrected chi connectivity index (χ3v) is 4.05. The van der Waals surface area contributed by atoms with Gasteiger partial charge in [-0.1, -0.05) is 43.7 Å². The first-order valence-corrected chi connectivity index (χ1v) is 8.17. The van der Waals surface area contributed by atoms with Gasteiger partial charge in [-0.05, 0) is 37.5 Å². The maximum atomic E-state index is 12.2. The number of aromatic nitrogens is 1. The van der Waals surface area contributed by atoms with Gasteiger partial charge in [0.1, 0.15) is 0 Å². The molecule has 0 aliphatic carbocycles. The quantitative estimate of drug-likeness (QED) is 0.765. The highest BCUT2D eigenvalue weighted by atomic mass is 16.1. The molecular formula is C19H26N2O. The van der Waals surface area contributed by atoms with Crippen molar-refractivity contribution in [1.82, 2.24) is 9.88 Å². The second kappa shape index (κ2) is 8.42. The Morgan fingerprint density at radius 2 is 1.77 bits per heavy atom. The van der Waals surface area contributed by atoms with Crippen LogP contribution in [0.25, 0.3) is 0 Å². The van der Waals surface area contributed by atoms with E-state index < -0.39 is 0 Å². The first kappa shape index (κ1) is 16.3. The van der Waals surface area contributed by atoms with Gasteiger partial charge in [-0.3, -0.25) is 4.79 Å². The van der Waals surface area contributed by atoms with Gasteiger partial charge in [0.05, 0.1) is 6.04 Å². The zero-order valence-corrected chi connectivity index (χ0v) is 13.5. The molecule has 118 valence electrons. The van der Waals surface area contributed by atoms with Gasteiger partial charge in [-0.25, -0.2) is 0 Å². The Labute approximate surface area is 133 Å². The molecule has 22 heavy (non-hydrogen) atoms. The largest absolute Gasteiger partial charge is 0.351 e. The van der Waals surface area contributed by atoms with Crippen LogP contribution < -0.4 is 5.32 Å². The average Bonchev–Trinajstić information content (AvgIpc) is 3.06. The molecule has 3 nitrogen and oxygen atoms in total. The third-order valence-electron chi connectivity index (χ3n) is 4.05. The fourth-order valence-corrected chi connectivity index (χ4v) is 2.80. The number of carbonyl (C=O) groups is 1. The number of amides is 1. The molecule has 0 saturated heterocycles. The number of rotatable bonds is 8. The molecule has 1 N–H and O–H groups in total. The molecular weight excluding hydrogens is 272 g/mol. The van der Waals surface area contributed by atoms with Crippen LogP contribution in [0.2, 0.25) is 0 Å². The van der Waals surface area contributed by atoms with Crippen LogP contribution in [0, 0.1) is 0 Å². The lowest BCUT2D eigenvalue weighted by Crippen LogP contribution is -2.27. The topological polar surface area (TPSA) is 34.0 Å². The van der Waals surface area contributed by atoms with E-state index in [2.05, 4.69) is 29.2 Å². The first-order valence-electron chi connectivity index (χ1n) is 8.17. The molecule has 0 bridgehead atoms. The smallest absolute Gasteiger partial charge is 0.220 e. The van der Waals surface area contributed by atoms with Gasteiger partial charge in [0.2, 0.25) is 5.91 Å². The molecule has 3 heteroatoms. The van der Waals surface area contributed by atoms with Gasteiger partial charge in [-0.2, -0.15) is 0 Å². The Bertz CT molecular complexity index is 548. The monoisotopic (exact) mass is 298 g/mol. The van der Waals surface area contributed by atoms with Crippen molar-refractivity contribution in [1.29, 1.82) is 0 Å². The van der Waals surface area contributed by atoms with Crippen LogP contribution in [0.3, 0.4) is 0 Å². The van der Waals surface area contributed by atoms with E-state index in [4.69, 9.17) is 0 Å². The summed E-state index contributed by atoms with van der Waals surface area (Å²) in [4.78, 5) is 12.2. The zero-order valence-electron chi connectivity index (χ0n) is 13.5. The van der Waals surface area contributed by atoms with Crippen LogP contribution in [-0.2, 0) is 4.79 Å². The van der Waals surface area contributed by atoms with Crippen molar-refractivity contribution in [2.45, 2.75) is 51.6 Å². The molecule has 1 aromatic heterocycles. The van der Waals surface area contributed by atoms with E-state index in [9.17, 15) is 4.79 Å². The lowest BCUT2D eigenvalue weighted by atomic mass is 10.0. The number of carbonyl (C=O) groups excluding carboxylic acids is 1. The number of hydrogen-bond acceptors (Lipinski definition) is 1. The van der Waals surface area contributed by atoms with Crippen molar-refractivity contribution in [3.8, 4) is 0 Å². The van der Waals surface area contributed by atoms with E-state index in [1.54, 1.807) is 0 Å². The SMILES string of the molecule is CCC[C@H](CCC(=O)N[C@@H](C)c1ccccc1)n1cccc1. The minimum atomic E-state index is 0.0601. The summed E-state index contributed by atoms with van der Waals surface area (Å²) in [6, 6.07) is 14.6. The van der Waals surface area contributed by atoms with Crippen molar-refractivity contribution in [3.63, 3.8) is 0 Å². The maximum absolute atomic E-state index is 12.2. The van der Waals surface area contributed by atoms with Crippen LogP contribution in [0.5, 0.6) is 0 Å². The molecule has 0 saturated carbocycles. The predicted octanol–water partition coefficient (Wildman–Crippen LogP) is 4.49. The summed E-state index contributed by atoms with van der Waals surface area (Å²) >= 11 is 0. The molecule has 1 aromatic carbocycles. The lowest BCUT2D eigenvalue weighted by Gasteiger charge is -2.19. The van der Waals surface area contributed by atoms with Gasteiger partial charge in [0.25, 0.3) is 0 Å². The minimum absolute atomic E-state index is 0.0601. The van der Waals surface area contributed by atoms with Crippen molar-refractivity contribution in [3.05, 3.63) is 60.4 Å². The van der Waals surface area contributed by atoms with Crippen molar-refractivity contribution >= 4 is 5.91 Å². The van der Waals surface area contributed by atoms with Crippen LogP contribution in [-0.4, -0.2) is 10.5 Å². The second-order valence-electron chi connectivity index (χ2n) is 5.81. The standard InChI is InChI=1S/C19H26N2O/c1-3-9-18(21-14-7-8-15-21)12-13-19(22)20-16(2)17-10-5-4-6-11-17/h4-8,10-11,14-16,18H,3,9,12-13H2,1-2H3,(H,20,22)/t16-,18+/m0/s1. The molecule has 2 atom stereocenters. The highest BCUT2D eigenvalue weighted by molar-refractivity contribution is 5.76. The average molecular weight is 298 g/mol. The Morgan fingerprint density at radius 1 is 1.09 bits per heavy atom. The number of nitrogens with zero attached hydrogens (tertiary/aromatic N) is 1.